The number of hydrogen-bond donors (Lipinski definition) is 0. The van der Waals surface area contributed by atoms with Crippen LogP contribution in [0.4, 0.5) is 28.4 Å². The van der Waals surface area contributed by atoms with Gasteiger partial charge in [0, 0.05) is 18.1 Å². The molecule has 2 atom stereocenters. The van der Waals surface area contributed by atoms with E-state index in [9.17, 15) is 31.2 Å². The van der Waals surface area contributed by atoms with Crippen molar-refractivity contribution in [3.8, 4) is 5.75 Å². The summed E-state index contributed by atoms with van der Waals surface area (Å²) in [7, 11) is -6.57. The lowest BCUT2D eigenvalue weighted by Crippen LogP contribution is -2.45. The Balaban J connectivity index is 1.71. The van der Waals surface area contributed by atoms with Crippen molar-refractivity contribution in [1.29, 1.82) is 0 Å². The van der Waals surface area contributed by atoms with Crippen molar-refractivity contribution >= 4 is 47.1 Å². The molecule has 2 amide bonds. The SMILES string of the molecule is CC[Si](CC)(CC)OC(CN(CCOc1ccc2c(C(F)(F)F)nn(C3CCCCO3)c2c1)C(=O)OC(C)(C)C)c1cccc(N(C(=O)OC(C)(C)C)S(C)(=O)=O)c1. The zero-order valence-electron chi connectivity index (χ0n) is 35.3. The first-order valence-electron chi connectivity index (χ1n) is 19.7. The predicted molar refractivity (Wildman–Crippen MR) is 218 cm³/mol. The van der Waals surface area contributed by atoms with Crippen molar-refractivity contribution in [2.24, 2.45) is 0 Å². The Hall–Kier alpha value is -3.87. The van der Waals surface area contributed by atoms with Crippen LogP contribution in [0.1, 0.15) is 105 Å². The van der Waals surface area contributed by atoms with E-state index in [2.05, 4.69) is 25.9 Å². The maximum absolute atomic E-state index is 14.0. The molecule has 0 radical (unpaired) electrons. The summed E-state index contributed by atoms with van der Waals surface area (Å²) in [5.41, 5.74) is -2.09. The van der Waals surface area contributed by atoms with Gasteiger partial charge < -0.3 is 28.3 Å². The number of carbonyl (C=O) groups excluding carboxylic acids is 2. The normalized spacial score (nSPS) is 16.2. The molecule has 18 heteroatoms. The highest BCUT2D eigenvalue weighted by atomic mass is 32.2. The lowest BCUT2D eigenvalue weighted by Gasteiger charge is -2.37. The molecule has 324 valence electrons. The number of fused-ring (bicyclic) bond motifs is 1. The molecule has 2 aromatic carbocycles. The van der Waals surface area contributed by atoms with Gasteiger partial charge in [-0.05, 0) is 109 Å². The van der Waals surface area contributed by atoms with Gasteiger partial charge in [-0.25, -0.2) is 22.7 Å². The van der Waals surface area contributed by atoms with Crippen LogP contribution in [0.5, 0.6) is 5.75 Å². The zero-order chi connectivity index (χ0) is 43.3. The molecular weight excluding hydrogens is 798 g/mol. The molecular formula is C40H59F3N4O9SSi. The van der Waals surface area contributed by atoms with Gasteiger partial charge in [-0.15, -0.1) is 0 Å². The van der Waals surface area contributed by atoms with E-state index in [1.807, 2.05) is 0 Å². The van der Waals surface area contributed by atoms with Gasteiger partial charge in [0.15, 0.2) is 20.2 Å². The smallest absolute Gasteiger partial charge is 0.435 e. The number of anilines is 1. The van der Waals surface area contributed by atoms with E-state index in [0.29, 0.717) is 22.9 Å². The number of nitrogens with zero attached hydrogens (tertiary/aromatic N) is 4. The van der Waals surface area contributed by atoms with Crippen LogP contribution in [0, 0.1) is 0 Å². The number of rotatable bonds is 15. The summed E-state index contributed by atoms with van der Waals surface area (Å²) in [5.74, 6) is 0.264. The van der Waals surface area contributed by atoms with Gasteiger partial charge in [0.1, 0.15) is 23.6 Å². The summed E-state index contributed by atoms with van der Waals surface area (Å²) in [6, 6.07) is 12.9. The fourth-order valence-corrected chi connectivity index (χ4v) is 10.3. The van der Waals surface area contributed by atoms with Crippen LogP contribution in [0.15, 0.2) is 42.5 Å². The Kier molecular flexibility index (Phi) is 15.0. The average molecular weight is 857 g/mol. The Labute approximate surface area is 341 Å². The largest absolute Gasteiger partial charge is 0.492 e. The number of sulfonamides is 1. The molecule has 13 nitrogen and oxygen atoms in total. The summed E-state index contributed by atoms with van der Waals surface area (Å²) in [6.45, 7) is 16.6. The quantitative estimate of drug-likeness (QED) is 0.136. The number of halogens is 3. The first-order chi connectivity index (χ1) is 26.9. The Bertz CT molecular complexity index is 1980. The molecule has 0 saturated carbocycles. The molecule has 2 heterocycles. The first kappa shape index (κ1) is 46.8. The Morgan fingerprint density at radius 2 is 1.59 bits per heavy atom. The van der Waals surface area contributed by atoms with Crippen LogP contribution < -0.4 is 9.04 Å². The molecule has 4 rings (SSSR count). The van der Waals surface area contributed by atoms with Crippen LogP contribution in [-0.4, -0.2) is 87.4 Å². The summed E-state index contributed by atoms with van der Waals surface area (Å²) >= 11 is 0. The van der Waals surface area contributed by atoms with E-state index in [4.69, 9.17) is 23.4 Å². The van der Waals surface area contributed by atoms with Crippen LogP contribution in [0.25, 0.3) is 10.9 Å². The molecule has 0 spiro atoms. The summed E-state index contributed by atoms with van der Waals surface area (Å²) in [6.07, 6.45) is -4.83. The maximum atomic E-state index is 14.0. The molecule has 2 unspecified atom stereocenters. The molecule has 1 aromatic heterocycles. The van der Waals surface area contributed by atoms with Crippen molar-refractivity contribution < 1.29 is 54.6 Å². The molecule has 3 aromatic rings. The molecule has 0 N–H and O–H groups in total. The first-order valence-corrected chi connectivity index (χ1v) is 24.1. The van der Waals surface area contributed by atoms with Crippen LogP contribution in [0.3, 0.4) is 0 Å². The molecule has 1 saturated heterocycles. The van der Waals surface area contributed by atoms with Gasteiger partial charge in [0.25, 0.3) is 0 Å². The molecule has 0 aliphatic carbocycles. The van der Waals surface area contributed by atoms with E-state index in [-0.39, 0.29) is 42.0 Å². The lowest BCUT2D eigenvalue weighted by atomic mass is 10.1. The highest BCUT2D eigenvalue weighted by Crippen LogP contribution is 2.38. The van der Waals surface area contributed by atoms with Gasteiger partial charge in [-0.1, -0.05) is 32.9 Å². The van der Waals surface area contributed by atoms with Gasteiger partial charge in [-0.2, -0.15) is 22.6 Å². The minimum Gasteiger partial charge on any atom is -0.492 e. The second-order valence-electron chi connectivity index (χ2n) is 16.5. The fourth-order valence-electron chi connectivity index (χ4n) is 6.71. The summed E-state index contributed by atoms with van der Waals surface area (Å²) in [4.78, 5) is 28.6. The summed E-state index contributed by atoms with van der Waals surface area (Å²) < 4.78 is 100. The van der Waals surface area contributed by atoms with E-state index < -0.39 is 65.9 Å². The van der Waals surface area contributed by atoms with Crippen LogP contribution in [-0.2, 0) is 34.8 Å². The maximum Gasteiger partial charge on any atom is 0.435 e. The van der Waals surface area contributed by atoms with Crippen molar-refractivity contribution in [1.82, 2.24) is 14.7 Å². The number of benzene rings is 2. The van der Waals surface area contributed by atoms with E-state index >= 15 is 0 Å². The number of carbonyl (C=O) groups is 2. The van der Waals surface area contributed by atoms with Gasteiger partial charge in [-0.3, -0.25) is 0 Å². The highest BCUT2D eigenvalue weighted by molar-refractivity contribution is 7.92. The Morgan fingerprint density at radius 1 is 0.948 bits per heavy atom. The average Bonchev–Trinajstić information content (AvgIpc) is 3.51. The zero-order valence-corrected chi connectivity index (χ0v) is 37.1. The summed E-state index contributed by atoms with van der Waals surface area (Å²) in [5, 5.41) is 3.85. The number of hydrogen-bond acceptors (Lipinski definition) is 10. The number of aromatic nitrogens is 2. The number of amides is 2. The van der Waals surface area contributed by atoms with Crippen LogP contribution in [0.2, 0.25) is 18.1 Å². The number of ether oxygens (including phenoxy) is 4. The standard InChI is InChI=1S/C40H59F3N4O9SSi/c1-11-58(12-2,13-3)56-33(28-17-16-18-29(25-28)47(57(10,50)51)37(49)55-39(7,8)9)27-45(36(48)54-38(4,5)6)22-24-52-30-20-21-31-32(26-30)46(34-19-14-15-23-53-34)44-35(31)40(41,42)43/h16-18,20-21,25-26,33-34H,11-15,19,22-24,27H2,1-10H3. The lowest BCUT2D eigenvalue weighted by molar-refractivity contribution is -0.141. The second-order valence-corrected chi connectivity index (χ2v) is 23.1. The van der Waals surface area contributed by atoms with Crippen molar-refractivity contribution in [2.75, 3.05) is 36.9 Å². The molecule has 58 heavy (non-hydrogen) atoms. The predicted octanol–water partition coefficient (Wildman–Crippen LogP) is 9.83. The molecule has 1 aliphatic heterocycles. The van der Waals surface area contributed by atoms with Crippen molar-refractivity contribution in [2.45, 2.75) is 129 Å². The highest BCUT2D eigenvalue weighted by Gasteiger charge is 2.39. The molecule has 1 fully saturated rings. The fraction of sp³-hybridized carbons (Fsp3) is 0.625. The topological polar surface area (TPSA) is 139 Å². The van der Waals surface area contributed by atoms with E-state index in [1.165, 1.54) is 33.8 Å². The Morgan fingerprint density at radius 3 is 2.14 bits per heavy atom. The van der Waals surface area contributed by atoms with E-state index in [0.717, 1.165) is 37.2 Å². The van der Waals surface area contributed by atoms with Crippen LogP contribution >= 0.6 is 0 Å². The van der Waals surface area contributed by atoms with E-state index in [1.54, 1.807) is 59.7 Å². The third-order valence-corrected chi connectivity index (χ3v) is 15.4. The minimum absolute atomic E-state index is 0.0163. The molecule has 0 bridgehead atoms. The van der Waals surface area contributed by atoms with Crippen molar-refractivity contribution in [3.05, 3.63) is 53.7 Å². The minimum atomic E-state index is -4.68. The molecule has 1 aliphatic rings. The van der Waals surface area contributed by atoms with Gasteiger partial charge in [0.2, 0.25) is 10.0 Å². The second kappa shape index (κ2) is 18.6. The van der Waals surface area contributed by atoms with Gasteiger partial charge in [0.05, 0.1) is 36.7 Å². The van der Waals surface area contributed by atoms with Crippen molar-refractivity contribution in [3.63, 3.8) is 0 Å². The number of alkyl halides is 3. The monoisotopic (exact) mass is 856 g/mol. The third kappa shape index (κ3) is 12.3. The van der Waals surface area contributed by atoms with Gasteiger partial charge >= 0.3 is 18.4 Å². The third-order valence-electron chi connectivity index (χ3n) is 9.74.